The van der Waals surface area contributed by atoms with Crippen LogP contribution in [0.1, 0.15) is 37.8 Å². The third kappa shape index (κ3) is 8.37. The molecule has 2 heterocycles. The summed E-state index contributed by atoms with van der Waals surface area (Å²) in [4.78, 5) is 7.19. The van der Waals surface area contributed by atoms with Gasteiger partial charge < -0.3 is 24.8 Å². The molecule has 2 fully saturated rings. The van der Waals surface area contributed by atoms with Crippen LogP contribution in [0.3, 0.4) is 0 Å². The second kappa shape index (κ2) is 13.6. The van der Waals surface area contributed by atoms with Crippen LogP contribution >= 0.6 is 0 Å². The first-order valence-corrected chi connectivity index (χ1v) is 11.5. The number of ether oxygens (including phenoxy) is 3. The third-order valence-corrected chi connectivity index (χ3v) is 5.59. The Morgan fingerprint density at radius 3 is 2.74 bits per heavy atom. The van der Waals surface area contributed by atoms with Gasteiger partial charge in [-0.25, -0.2) is 4.39 Å². The van der Waals surface area contributed by atoms with Crippen LogP contribution in [0.2, 0.25) is 0 Å². The minimum Gasteiger partial charge on any atom is -0.379 e. The Labute approximate surface area is 185 Å². The minimum absolute atomic E-state index is 0.0923. The van der Waals surface area contributed by atoms with Crippen LogP contribution in [0.25, 0.3) is 0 Å². The van der Waals surface area contributed by atoms with E-state index in [0.717, 1.165) is 63.6 Å². The first kappa shape index (κ1) is 23.9. The summed E-state index contributed by atoms with van der Waals surface area (Å²) in [5, 5.41) is 6.70. The standard InChI is InChI=1S/C23H37FN4O3/c1-2-25-23(26-10-4-13-30-18-21-5-3-14-31-21)27-17-22(28-11-15-29-16-12-28)19-6-8-20(24)9-7-19/h6-9,21-22H,2-5,10-18H2,1H3,(H2,25,26,27). The molecule has 0 saturated carbocycles. The number of guanidine groups is 1. The second-order valence-electron chi connectivity index (χ2n) is 7.93. The molecule has 0 aromatic heterocycles. The van der Waals surface area contributed by atoms with E-state index in [1.807, 2.05) is 12.1 Å². The molecule has 2 aliphatic rings. The number of nitrogens with zero attached hydrogens (tertiary/aromatic N) is 2. The molecule has 3 rings (SSSR count). The predicted molar refractivity (Wildman–Crippen MR) is 120 cm³/mol. The Morgan fingerprint density at radius 2 is 2.03 bits per heavy atom. The fourth-order valence-electron chi connectivity index (χ4n) is 3.90. The topological polar surface area (TPSA) is 67.4 Å². The van der Waals surface area contributed by atoms with E-state index in [-0.39, 0.29) is 18.0 Å². The Balaban J connectivity index is 1.49. The van der Waals surface area contributed by atoms with Crippen LogP contribution in [-0.4, -0.2) is 82.7 Å². The fraction of sp³-hybridized carbons (Fsp3) is 0.696. The first-order valence-electron chi connectivity index (χ1n) is 11.5. The minimum atomic E-state index is -0.218. The molecule has 174 valence electrons. The number of hydrogen-bond donors (Lipinski definition) is 2. The Kier molecular flexibility index (Phi) is 10.5. The number of halogens is 1. The predicted octanol–water partition coefficient (Wildman–Crippen LogP) is 2.34. The monoisotopic (exact) mass is 436 g/mol. The van der Waals surface area contributed by atoms with Gasteiger partial charge in [-0.15, -0.1) is 0 Å². The summed E-state index contributed by atoms with van der Waals surface area (Å²) in [7, 11) is 0. The molecule has 0 spiro atoms. The summed E-state index contributed by atoms with van der Waals surface area (Å²) < 4.78 is 30.2. The largest absolute Gasteiger partial charge is 0.379 e. The van der Waals surface area contributed by atoms with E-state index in [2.05, 4.69) is 22.5 Å². The Morgan fingerprint density at radius 1 is 1.23 bits per heavy atom. The lowest BCUT2D eigenvalue weighted by Gasteiger charge is -2.34. The number of morpholine rings is 1. The van der Waals surface area contributed by atoms with Crippen molar-refractivity contribution in [1.82, 2.24) is 15.5 Å². The number of hydrogen-bond acceptors (Lipinski definition) is 5. The molecule has 1 aromatic carbocycles. The van der Waals surface area contributed by atoms with Gasteiger partial charge in [-0.2, -0.15) is 0 Å². The SMILES string of the molecule is CCNC(=NCC(c1ccc(F)cc1)N1CCOCC1)NCCCOCC1CCCO1. The summed E-state index contributed by atoms with van der Waals surface area (Å²) in [5.74, 6) is 0.576. The molecular formula is C23H37FN4O3. The van der Waals surface area contributed by atoms with E-state index in [1.54, 1.807) is 0 Å². The maximum atomic E-state index is 13.4. The van der Waals surface area contributed by atoms with Crippen LogP contribution in [0.15, 0.2) is 29.3 Å². The molecule has 2 atom stereocenters. The van der Waals surface area contributed by atoms with E-state index >= 15 is 0 Å². The molecule has 0 bridgehead atoms. The summed E-state index contributed by atoms with van der Waals surface area (Å²) in [6.07, 6.45) is 3.42. The molecule has 2 aliphatic heterocycles. The molecular weight excluding hydrogens is 399 g/mol. The number of rotatable bonds is 11. The van der Waals surface area contributed by atoms with Crippen molar-refractivity contribution >= 4 is 5.96 Å². The van der Waals surface area contributed by atoms with Gasteiger partial charge in [0.15, 0.2) is 5.96 Å². The van der Waals surface area contributed by atoms with Crippen molar-refractivity contribution in [2.75, 3.05) is 65.8 Å². The van der Waals surface area contributed by atoms with Gasteiger partial charge in [-0.3, -0.25) is 9.89 Å². The smallest absolute Gasteiger partial charge is 0.191 e. The number of nitrogens with one attached hydrogen (secondary N) is 2. The lowest BCUT2D eigenvalue weighted by molar-refractivity contribution is 0.0168. The molecule has 1 aromatic rings. The van der Waals surface area contributed by atoms with Crippen molar-refractivity contribution in [2.45, 2.75) is 38.3 Å². The van der Waals surface area contributed by atoms with Gasteiger partial charge in [-0.1, -0.05) is 12.1 Å². The van der Waals surface area contributed by atoms with Crippen molar-refractivity contribution in [3.63, 3.8) is 0 Å². The lowest BCUT2D eigenvalue weighted by Crippen LogP contribution is -2.42. The van der Waals surface area contributed by atoms with E-state index in [0.29, 0.717) is 33.0 Å². The molecule has 2 unspecified atom stereocenters. The van der Waals surface area contributed by atoms with Crippen molar-refractivity contribution in [3.8, 4) is 0 Å². The molecule has 2 N–H and O–H groups in total. The van der Waals surface area contributed by atoms with E-state index in [1.165, 1.54) is 12.1 Å². The third-order valence-electron chi connectivity index (χ3n) is 5.59. The van der Waals surface area contributed by atoms with E-state index in [4.69, 9.17) is 19.2 Å². The zero-order valence-corrected chi connectivity index (χ0v) is 18.7. The summed E-state index contributed by atoms with van der Waals surface area (Å²) in [6, 6.07) is 6.85. The van der Waals surface area contributed by atoms with Crippen LogP contribution in [0.5, 0.6) is 0 Å². The van der Waals surface area contributed by atoms with Gasteiger partial charge in [0, 0.05) is 39.4 Å². The molecule has 7 nitrogen and oxygen atoms in total. The van der Waals surface area contributed by atoms with Crippen LogP contribution < -0.4 is 10.6 Å². The van der Waals surface area contributed by atoms with Gasteiger partial charge in [0.05, 0.1) is 38.5 Å². The summed E-state index contributed by atoms with van der Waals surface area (Å²) in [6.45, 7) is 9.62. The second-order valence-corrected chi connectivity index (χ2v) is 7.93. The number of aliphatic imine (C=N–C) groups is 1. The van der Waals surface area contributed by atoms with Crippen molar-refractivity contribution in [1.29, 1.82) is 0 Å². The highest BCUT2D eigenvalue weighted by Crippen LogP contribution is 2.22. The van der Waals surface area contributed by atoms with E-state index in [9.17, 15) is 4.39 Å². The molecule has 0 amide bonds. The highest BCUT2D eigenvalue weighted by atomic mass is 19.1. The number of benzene rings is 1. The van der Waals surface area contributed by atoms with Gasteiger partial charge in [-0.05, 0) is 43.9 Å². The van der Waals surface area contributed by atoms with E-state index < -0.39 is 0 Å². The quantitative estimate of drug-likeness (QED) is 0.315. The van der Waals surface area contributed by atoms with Crippen molar-refractivity contribution in [2.24, 2.45) is 4.99 Å². The molecule has 31 heavy (non-hydrogen) atoms. The average Bonchev–Trinajstić information content (AvgIpc) is 3.31. The molecule has 2 saturated heterocycles. The Bertz CT molecular complexity index is 647. The highest BCUT2D eigenvalue weighted by Gasteiger charge is 2.22. The highest BCUT2D eigenvalue weighted by molar-refractivity contribution is 5.79. The zero-order chi connectivity index (χ0) is 21.7. The van der Waals surface area contributed by atoms with Gasteiger partial charge >= 0.3 is 0 Å². The maximum Gasteiger partial charge on any atom is 0.191 e. The summed E-state index contributed by atoms with van der Waals surface area (Å²) >= 11 is 0. The molecule has 8 heteroatoms. The first-order chi connectivity index (χ1) is 15.3. The average molecular weight is 437 g/mol. The fourth-order valence-corrected chi connectivity index (χ4v) is 3.90. The summed E-state index contributed by atoms with van der Waals surface area (Å²) in [5.41, 5.74) is 1.07. The van der Waals surface area contributed by atoms with Gasteiger partial charge in [0.1, 0.15) is 5.82 Å². The zero-order valence-electron chi connectivity index (χ0n) is 18.7. The molecule has 0 aliphatic carbocycles. The van der Waals surface area contributed by atoms with Gasteiger partial charge in [0.2, 0.25) is 0 Å². The van der Waals surface area contributed by atoms with Crippen molar-refractivity contribution < 1.29 is 18.6 Å². The van der Waals surface area contributed by atoms with Crippen LogP contribution in [-0.2, 0) is 14.2 Å². The van der Waals surface area contributed by atoms with Gasteiger partial charge in [0.25, 0.3) is 0 Å². The van der Waals surface area contributed by atoms with Crippen molar-refractivity contribution in [3.05, 3.63) is 35.6 Å². The van der Waals surface area contributed by atoms with Crippen LogP contribution in [0, 0.1) is 5.82 Å². The Hall–Kier alpha value is -1.74. The normalized spacial score (nSPS) is 21.2. The lowest BCUT2D eigenvalue weighted by atomic mass is 10.0. The van der Waals surface area contributed by atoms with Crippen LogP contribution in [0.4, 0.5) is 4.39 Å². The molecule has 0 radical (unpaired) electrons. The maximum absolute atomic E-state index is 13.4.